The molecule has 2 aromatic carbocycles. The summed E-state index contributed by atoms with van der Waals surface area (Å²) in [4.78, 5) is 16.7. The molecule has 1 atom stereocenters. The van der Waals surface area contributed by atoms with E-state index in [1.165, 1.54) is 0 Å². The molecule has 0 aliphatic heterocycles. The van der Waals surface area contributed by atoms with Crippen LogP contribution in [0.15, 0.2) is 42.5 Å². The summed E-state index contributed by atoms with van der Waals surface area (Å²) in [6.45, 7) is 1.91. The monoisotopic (exact) mass is 378 g/mol. The van der Waals surface area contributed by atoms with E-state index in [1.807, 2.05) is 37.3 Å². The zero-order valence-electron chi connectivity index (χ0n) is 13.1. The molecule has 3 rings (SSSR count). The molecule has 0 aliphatic rings. The van der Waals surface area contributed by atoms with E-state index in [9.17, 15) is 4.79 Å². The van der Waals surface area contributed by atoms with E-state index in [-0.39, 0.29) is 11.9 Å². The highest BCUT2D eigenvalue weighted by Crippen LogP contribution is 2.26. The lowest BCUT2D eigenvalue weighted by molar-refractivity contribution is -0.121. The summed E-state index contributed by atoms with van der Waals surface area (Å²) in [6, 6.07) is 13.1. The second-order valence-electron chi connectivity index (χ2n) is 5.53. The standard InChI is InChI=1S/C18H16Cl2N2OS/c1-11(13-7-6-12(19)10-14(13)20)21-17(23)8-9-18-22-15-4-2-3-5-16(15)24-18/h2-7,10-11H,8-9H2,1H3,(H,21,23). The third kappa shape index (κ3) is 4.07. The van der Waals surface area contributed by atoms with Crippen molar-refractivity contribution in [3.63, 3.8) is 0 Å². The summed E-state index contributed by atoms with van der Waals surface area (Å²) in [5, 5.41) is 5.08. The predicted molar refractivity (Wildman–Crippen MR) is 101 cm³/mol. The maximum absolute atomic E-state index is 12.2. The Balaban J connectivity index is 1.58. The molecule has 1 aromatic heterocycles. The van der Waals surface area contributed by atoms with Crippen molar-refractivity contribution < 1.29 is 4.79 Å². The number of rotatable bonds is 5. The summed E-state index contributed by atoms with van der Waals surface area (Å²) < 4.78 is 1.15. The number of aryl methyl sites for hydroxylation is 1. The van der Waals surface area contributed by atoms with Gasteiger partial charge in [-0.3, -0.25) is 4.79 Å². The Bertz CT molecular complexity index is 845. The lowest BCUT2D eigenvalue weighted by Gasteiger charge is -2.15. The topological polar surface area (TPSA) is 42.0 Å². The first kappa shape index (κ1) is 17.2. The summed E-state index contributed by atoms with van der Waals surface area (Å²) in [5.74, 6) is -0.0206. The van der Waals surface area contributed by atoms with Crippen LogP contribution in [0.3, 0.4) is 0 Å². The van der Waals surface area contributed by atoms with Gasteiger partial charge in [0.1, 0.15) is 0 Å². The molecule has 0 bridgehead atoms. The largest absolute Gasteiger partial charge is 0.350 e. The van der Waals surface area contributed by atoms with E-state index >= 15 is 0 Å². The SMILES string of the molecule is CC(NC(=O)CCc1nc2ccccc2s1)c1ccc(Cl)cc1Cl. The highest BCUT2D eigenvalue weighted by atomic mass is 35.5. The second-order valence-corrected chi connectivity index (χ2v) is 7.49. The van der Waals surface area contributed by atoms with Gasteiger partial charge >= 0.3 is 0 Å². The number of carbonyl (C=O) groups excluding carboxylic acids is 1. The Morgan fingerprint density at radius 1 is 1.25 bits per heavy atom. The zero-order chi connectivity index (χ0) is 17.1. The molecule has 1 N–H and O–H groups in total. The summed E-state index contributed by atoms with van der Waals surface area (Å²) in [6.07, 6.45) is 1.03. The molecule has 3 nitrogen and oxygen atoms in total. The lowest BCUT2D eigenvalue weighted by Crippen LogP contribution is -2.27. The molecular weight excluding hydrogens is 363 g/mol. The maximum atomic E-state index is 12.2. The van der Waals surface area contributed by atoms with E-state index < -0.39 is 0 Å². The van der Waals surface area contributed by atoms with E-state index in [2.05, 4.69) is 10.3 Å². The van der Waals surface area contributed by atoms with Crippen molar-refractivity contribution >= 4 is 50.7 Å². The number of fused-ring (bicyclic) bond motifs is 1. The molecule has 0 radical (unpaired) electrons. The molecule has 0 saturated heterocycles. The van der Waals surface area contributed by atoms with Gasteiger partial charge in [-0.05, 0) is 36.8 Å². The van der Waals surface area contributed by atoms with Crippen LogP contribution in [0.4, 0.5) is 0 Å². The Hall–Kier alpha value is -1.62. The van der Waals surface area contributed by atoms with Gasteiger partial charge in [-0.2, -0.15) is 0 Å². The van der Waals surface area contributed by atoms with Gasteiger partial charge in [-0.1, -0.05) is 41.4 Å². The number of carbonyl (C=O) groups is 1. The van der Waals surface area contributed by atoms with Crippen LogP contribution in [0.5, 0.6) is 0 Å². The Kier molecular flexibility index (Phi) is 5.39. The van der Waals surface area contributed by atoms with Crippen molar-refractivity contribution in [1.82, 2.24) is 10.3 Å². The number of thiazole rings is 1. The second kappa shape index (κ2) is 7.51. The van der Waals surface area contributed by atoms with Crippen molar-refractivity contribution in [3.8, 4) is 0 Å². The molecule has 1 heterocycles. The highest BCUT2D eigenvalue weighted by molar-refractivity contribution is 7.18. The molecule has 0 saturated carbocycles. The van der Waals surface area contributed by atoms with E-state index in [4.69, 9.17) is 23.2 Å². The van der Waals surface area contributed by atoms with Gasteiger partial charge < -0.3 is 5.32 Å². The lowest BCUT2D eigenvalue weighted by atomic mass is 10.1. The normalized spacial score (nSPS) is 12.3. The van der Waals surface area contributed by atoms with Crippen LogP contribution < -0.4 is 5.32 Å². The number of hydrogen-bond donors (Lipinski definition) is 1. The zero-order valence-corrected chi connectivity index (χ0v) is 15.4. The molecule has 0 aliphatic carbocycles. The maximum Gasteiger partial charge on any atom is 0.220 e. The van der Waals surface area contributed by atoms with Crippen molar-refractivity contribution in [1.29, 1.82) is 0 Å². The van der Waals surface area contributed by atoms with Gasteiger partial charge in [0, 0.05) is 22.9 Å². The van der Waals surface area contributed by atoms with Crippen molar-refractivity contribution in [2.75, 3.05) is 0 Å². The minimum Gasteiger partial charge on any atom is -0.350 e. The third-order valence-corrected chi connectivity index (χ3v) is 5.37. The molecule has 1 amide bonds. The predicted octanol–water partition coefficient (Wildman–Crippen LogP) is 5.41. The van der Waals surface area contributed by atoms with Crippen molar-refractivity contribution in [3.05, 3.63) is 63.1 Å². The number of nitrogens with one attached hydrogen (secondary N) is 1. The molecule has 24 heavy (non-hydrogen) atoms. The molecule has 0 fully saturated rings. The van der Waals surface area contributed by atoms with Gasteiger partial charge in [0.15, 0.2) is 0 Å². The number of nitrogens with zero attached hydrogens (tertiary/aromatic N) is 1. The van der Waals surface area contributed by atoms with Gasteiger partial charge in [0.25, 0.3) is 0 Å². The average molecular weight is 379 g/mol. The van der Waals surface area contributed by atoms with Crippen LogP contribution in [0.1, 0.15) is 30.0 Å². The number of amides is 1. The molecule has 1 unspecified atom stereocenters. The molecule has 124 valence electrons. The minimum absolute atomic E-state index is 0.0206. The van der Waals surface area contributed by atoms with Crippen LogP contribution in [0.2, 0.25) is 10.0 Å². The molecule has 0 spiro atoms. The van der Waals surface area contributed by atoms with Crippen molar-refractivity contribution in [2.45, 2.75) is 25.8 Å². The molecular formula is C18H16Cl2N2OS. The first-order valence-corrected chi connectivity index (χ1v) is 9.19. The van der Waals surface area contributed by atoms with Crippen LogP contribution in [0.25, 0.3) is 10.2 Å². The highest BCUT2D eigenvalue weighted by Gasteiger charge is 2.14. The van der Waals surface area contributed by atoms with Crippen LogP contribution >= 0.6 is 34.5 Å². The summed E-state index contributed by atoms with van der Waals surface area (Å²) in [7, 11) is 0. The number of benzene rings is 2. The van der Waals surface area contributed by atoms with Gasteiger partial charge in [0.2, 0.25) is 5.91 Å². The van der Waals surface area contributed by atoms with E-state index in [0.29, 0.717) is 22.9 Å². The van der Waals surface area contributed by atoms with Gasteiger partial charge in [-0.25, -0.2) is 4.98 Å². The van der Waals surface area contributed by atoms with Gasteiger partial charge in [0.05, 0.1) is 21.3 Å². The Morgan fingerprint density at radius 2 is 2.04 bits per heavy atom. The van der Waals surface area contributed by atoms with Crippen LogP contribution in [0, 0.1) is 0 Å². The molecule has 3 aromatic rings. The fourth-order valence-electron chi connectivity index (χ4n) is 2.49. The summed E-state index contributed by atoms with van der Waals surface area (Å²) >= 11 is 13.7. The molecule has 6 heteroatoms. The number of aromatic nitrogens is 1. The van der Waals surface area contributed by atoms with E-state index in [0.717, 1.165) is 20.8 Å². The third-order valence-electron chi connectivity index (χ3n) is 3.71. The fourth-order valence-corrected chi connectivity index (χ4v) is 4.03. The van der Waals surface area contributed by atoms with Crippen LogP contribution in [-0.2, 0) is 11.2 Å². The average Bonchev–Trinajstić information content (AvgIpc) is 2.95. The Morgan fingerprint density at radius 3 is 2.79 bits per heavy atom. The van der Waals surface area contributed by atoms with Gasteiger partial charge in [-0.15, -0.1) is 11.3 Å². The van der Waals surface area contributed by atoms with Crippen LogP contribution in [-0.4, -0.2) is 10.9 Å². The first-order valence-electron chi connectivity index (χ1n) is 7.61. The quantitative estimate of drug-likeness (QED) is 0.644. The number of halogens is 2. The number of para-hydroxylation sites is 1. The Labute approximate surface area is 154 Å². The first-order chi connectivity index (χ1) is 11.5. The summed E-state index contributed by atoms with van der Waals surface area (Å²) in [5.41, 5.74) is 1.84. The number of hydrogen-bond acceptors (Lipinski definition) is 3. The van der Waals surface area contributed by atoms with Crippen molar-refractivity contribution in [2.24, 2.45) is 0 Å². The fraction of sp³-hybridized carbons (Fsp3) is 0.222. The smallest absolute Gasteiger partial charge is 0.220 e. The van der Waals surface area contributed by atoms with E-state index in [1.54, 1.807) is 23.5 Å². The minimum atomic E-state index is -0.169.